The maximum absolute atomic E-state index is 13.4. The van der Waals surface area contributed by atoms with E-state index in [0.29, 0.717) is 5.56 Å². The third-order valence-corrected chi connectivity index (χ3v) is 3.26. The van der Waals surface area contributed by atoms with Gasteiger partial charge in [-0.1, -0.05) is 30.7 Å². The van der Waals surface area contributed by atoms with Crippen molar-refractivity contribution >= 4 is 6.08 Å². The number of hydrogen-bond donors (Lipinski definition) is 0. The predicted molar refractivity (Wildman–Crippen MR) is 62.0 cm³/mol. The van der Waals surface area contributed by atoms with Crippen LogP contribution in [0, 0.1) is 17.6 Å². The minimum atomic E-state index is -0.765. The van der Waals surface area contributed by atoms with E-state index in [1.54, 1.807) is 12.1 Å². The van der Waals surface area contributed by atoms with Gasteiger partial charge in [-0.15, -0.1) is 0 Å². The van der Waals surface area contributed by atoms with Crippen LogP contribution < -0.4 is 0 Å². The summed E-state index contributed by atoms with van der Waals surface area (Å²) in [5.74, 6) is -0.735. The molecule has 0 amide bonds. The molecule has 2 rings (SSSR count). The zero-order valence-electron chi connectivity index (χ0n) is 9.47. The van der Waals surface area contributed by atoms with Crippen LogP contribution in [0.2, 0.25) is 0 Å². The maximum Gasteiger partial charge on any atom is 0.166 e. The molecule has 0 unspecified atom stereocenters. The fourth-order valence-electron chi connectivity index (χ4n) is 2.13. The van der Waals surface area contributed by atoms with Gasteiger partial charge >= 0.3 is 0 Å². The highest BCUT2D eigenvalue weighted by molar-refractivity contribution is 5.53. The van der Waals surface area contributed by atoms with Crippen molar-refractivity contribution in [2.75, 3.05) is 0 Å². The highest BCUT2D eigenvalue weighted by atomic mass is 19.2. The average Bonchev–Trinajstić information content (AvgIpc) is 2.28. The SMILES string of the molecule is CC1CCC(=Cc2cccc(F)c2F)CC1. The van der Waals surface area contributed by atoms with Gasteiger partial charge in [0.15, 0.2) is 11.6 Å². The molecule has 1 aliphatic carbocycles. The van der Waals surface area contributed by atoms with Crippen LogP contribution in [0.1, 0.15) is 38.2 Å². The Morgan fingerprint density at radius 2 is 1.88 bits per heavy atom. The van der Waals surface area contributed by atoms with Gasteiger partial charge in [0, 0.05) is 5.56 Å². The van der Waals surface area contributed by atoms with Crippen LogP contribution in [0.25, 0.3) is 6.08 Å². The summed E-state index contributed by atoms with van der Waals surface area (Å²) in [5.41, 5.74) is 1.62. The van der Waals surface area contributed by atoms with E-state index in [1.807, 2.05) is 6.08 Å². The summed E-state index contributed by atoms with van der Waals surface area (Å²) in [6, 6.07) is 4.33. The Hall–Kier alpha value is -1.18. The predicted octanol–water partition coefficient (Wildman–Crippen LogP) is 4.56. The van der Waals surface area contributed by atoms with Crippen LogP contribution in [0.5, 0.6) is 0 Å². The van der Waals surface area contributed by atoms with Crippen molar-refractivity contribution in [3.05, 3.63) is 41.0 Å². The lowest BCUT2D eigenvalue weighted by atomic mass is 9.86. The maximum atomic E-state index is 13.4. The Bertz CT molecular complexity index is 397. The van der Waals surface area contributed by atoms with Gasteiger partial charge in [-0.3, -0.25) is 0 Å². The Morgan fingerprint density at radius 1 is 1.19 bits per heavy atom. The van der Waals surface area contributed by atoms with Gasteiger partial charge in [-0.2, -0.15) is 0 Å². The van der Waals surface area contributed by atoms with Crippen molar-refractivity contribution in [1.29, 1.82) is 0 Å². The summed E-state index contributed by atoms with van der Waals surface area (Å²) >= 11 is 0. The first kappa shape index (κ1) is 11.3. The first-order valence-electron chi connectivity index (χ1n) is 5.80. The van der Waals surface area contributed by atoms with Gasteiger partial charge in [0.25, 0.3) is 0 Å². The lowest BCUT2D eigenvalue weighted by molar-refractivity contribution is 0.445. The Labute approximate surface area is 95.0 Å². The van der Waals surface area contributed by atoms with Crippen LogP contribution >= 0.6 is 0 Å². The van der Waals surface area contributed by atoms with Gasteiger partial charge in [0.05, 0.1) is 0 Å². The molecule has 0 saturated heterocycles. The summed E-state index contributed by atoms with van der Waals surface area (Å²) in [4.78, 5) is 0. The van der Waals surface area contributed by atoms with E-state index >= 15 is 0 Å². The fraction of sp³-hybridized carbons (Fsp3) is 0.429. The summed E-state index contributed by atoms with van der Waals surface area (Å²) in [6.07, 6.45) is 6.14. The number of halogens is 2. The first-order chi connectivity index (χ1) is 7.66. The van der Waals surface area contributed by atoms with E-state index in [9.17, 15) is 8.78 Å². The zero-order valence-corrected chi connectivity index (χ0v) is 9.47. The number of allylic oxidation sites excluding steroid dienone is 1. The molecule has 0 bridgehead atoms. The van der Waals surface area contributed by atoms with Crippen LogP contribution in [0.4, 0.5) is 8.78 Å². The quantitative estimate of drug-likeness (QED) is 0.653. The minimum Gasteiger partial charge on any atom is -0.204 e. The first-order valence-corrected chi connectivity index (χ1v) is 5.80. The van der Waals surface area contributed by atoms with E-state index in [1.165, 1.54) is 5.57 Å². The summed E-state index contributed by atoms with van der Waals surface area (Å²) in [6.45, 7) is 2.24. The second kappa shape index (κ2) is 4.77. The van der Waals surface area contributed by atoms with Crippen LogP contribution in [-0.4, -0.2) is 0 Å². The lowest BCUT2D eigenvalue weighted by Gasteiger charge is -2.20. The molecule has 1 aromatic rings. The zero-order chi connectivity index (χ0) is 11.5. The van der Waals surface area contributed by atoms with E-state index in [0.717, 1.165) is 37.7 Å². The van der Waals surface area contributed by atoms with Crippen molar-refractivity contribution in [1.82, 2.24) is 0 Å². The topological polar surface area (TPSA) is 0 Å². The van der Waals surface area contributed by atoms with Crippen molar-refractivity contribution in [2.45, 2.75) is 32.6 Å². The third kappa shape index (κ3) is 2.49. The van der Waals surface area contributed by atoms with Crippen LogP contribution in [0.3, 0.4) is 0 Å². The van der Waals surface area contributed by atoms with Gasteiger partial charge < -0.3 is 0 Å². The standard InChI is InChI=1S/C14H16F2/c1-10-5-7-11(8-6-10)9-12-3-2-4-13(15)14(12)16/h2-4,9-10H,5-8H2,1H3. The fourth-order valence-corrected chi connectivity index (χ4v) is 2.13. The molecular formula is C14H16F2. The Balaban J connectivity index is 2.19. The molecule has 0 nitrogen and oxygen atoms in total. The third-order valence-electron chi connectivity index (χ3n) is 3.26. The molecule has 1 aliphatic rings. The van der Waals surface area contributed by atoms with Gasteiger partial charge in [0.1, 0.15) is 0 Å². The molecule has 0 aliphatic heterocycles. The molecule has 1 fully saturated rings. The molecule has 0 radical (unpaired) electrons. The summed E-state index contributed by atoms with van der Waals surface area (Å²) in [5, 5.41) is 0. The van der Waals surface area contributed by atoms with Crippen molar-refractivity contribution in [2.24, 2.45) is 5.92 Å². The number of benzene rings is 1. The number of rotatable bonds is 1. The van der Waals surface area contributed by atoms with Crippen molar-refractivity contribution in [3.63, 3.8) is 0 Å². The minimum absolute atomic E-state index is 0.379. The molecule has 1 aromatic carbocycles. The second-order valence-corrected chi connectivity index (χ2v) is 4.63. The van der Waals surface area contributed by atoms with Gasteiger partial charge in [-0.25, -0.2) is 8.78 Å². The molecule has 1 saturated carbocycles. The highest BCUT2D eigenvalue weighted by Gasteiger charge is 2.13. The van der Waals surface area contributed by atoms with Crippen LogP contribution in [-0.2, 0) is 0 Å². The average molecular weight is 222 g/mol. The van der Waals surface area contributed by atoms with Crippen molar-refractivity contribution < 1.29 is 8.78 Å². The van der Waals surface area contributed by atoms with Gasteiger partial charge in [-0.05, 0) is 37.7 Å². The van der Waals surface area contributed by atoms with Gasteiger partial charge in [0.2, 0.25) is 0 Å². The molecule has 16 heavy (non-hydrogen) atoms. The Morgan fingerprint density at radius 3 is 2.56 bits per heavy atom. The molecule has 2 heteroatoms. The molecule has 0 spiro atoms. The summed E-state index contributed by atoms with van der Waals surface area (Å²) < 4.78 is 26.4. The Kier molecular flexibility index (Phi) is 3.37. The van der Waals surface area contributed by atoms with E-state index in [4.69, 9.17) is 0 Å². The van der Waals surface area contributed by atoms with Crippen molar-refractivity contribution in [3.8, 4) is 0 Å². The smallest absolute Gasteiger partial charge is 0.166 e. The van der Waals surface area contributed by atoms with E-state index in [-0.39, 0.29) is 0 Å². The highest BCUT2D eigenvalue weighted by Crippen LogP contribution is 2.29. The lowest BCUT2D eigenvalue weighted by Crippen LogP contribution is -2.04. The molecule has 0 N–H and O–H groups in total. The largest absolute Gasteiger partial charge is 0.204 e. The molecule has 86 valence electrons. The molecular weight excluding hydrogens is 206 g/mol. The summed E-state index contributed by atoms with van der Waals surface area (Å²) in [7, 11) is 0. The normalized spacial score (nSPS) is 20.9. The van der Waals surface area contributed by atoms with Crippen LogP contribution in [0.15, 0.2) is 23.8 Å². The molecule has 0 heterocycles. The monoisotopic (exact) mass is 222 g/mol. The van der Waals surface area contributed by atoms with E-state index < -0.39 is 11.6 Å². The number of hydrogen-bond acceptors (Lipinski definition) is 0. The molecule has 0 atom stereocenters. The molecule has 0 aromatic heterocycles. The van der Waals surface area contributed by atoms with E-state index in [2.05, 4.69) is 6.92 Å². The second-order valence-electron chi connectivity index (χ2n) is 4.63.